The molecule has 0 spiro atoms. The Kier molecular flexibility index (Phi) is 3.93. The van der Waals surface area contributed by atoms with E-state index in [1.807, 2.05) is 14.0 Å². The van der Waals surface area contributed by atoms with Crippen molar-refractivity contribution in [2.24, 2.45) is 7.05 Å². The molecule has 0 saturated carbocycles. The van der Waals surface area contributed by atoms with Gasteiger partial charge in [0.15, 0.2) is 0 Å². The molecule has 1 N–H and O–H groups in total. The zero-order valence-electron chi connectivity index (χ0n) is 10.3. The van der Waals surface area contributed by atoms with Crippen LogP contribution in [0.15, 0.2) is 18.5 Å². The minimum absolute atomic E-state index is 0.411. The first-order chi connectivity index (χ1) is 8.63. The highest BCUT2D eigenvalue weighted by Gasteiger charge is 2.17. The van der Waals surface area contributed by atoms with Gasteiger partial charge in [-0.25, -0.2) is 0 Å². The minimum atomic E-state index is -0.655. The summed E-state index contributed by atoms with van der Waals surface area (Å²) in [6.07, 6.45) is 3.64. The molecule has 5 nitrogen and oxygen atoms in total. The molecule has 18 heavy (non-hydrogen) atoms. The molecule has 2 heterocycles. The predicted octanol–water partition coefficient (Wildman–Crippen LogP) is 1.70. The molecule has 1 unspecified atom stereocenters. The predicted molar refractivity (Wildman–Crippen MR) is 68.3 cm³/mol. The van der Waals surface area contributed by atoms with Crippen LogP contribution in [-0.4, -0.2) is 25.1 Å². The van der Waals surface area contributed by atoms with Gasteiger partial charge in [0.05, 0.1) is 28.7 Å². The largest absolute Gasteiger partial charge is 0.388 e. The molecule has 0 aliphatic carbocycles. The molecule has 0 aliphatic heterocycles. The fraction of sp³-hybridized carbons (Fsp3) is 0.417. The summed E-state index contributed by atoms with van der Waals surface area (Å²) in [7, 11) is 1.83. The number of aliphatic hydroxyl groups excluding tert-OH is 1. The number of hydrogen-bond donors (Lipinski definition) is 1. The van der Waals surface area contributed by atoms with E-state index in [0.717, 1.165) is 23.4 Å². The molecule has 96 valence electrons. The summed E-state index contributed by atoms with van der Waals surface area (Å²) in [5, 5.41) is 22.5. The van der Waals surface area contributed by atoms with E-state index in [-0.39, 0.29) is 0 Å². The zero-order chi connectivity index (χ0) is 13.1. The molecule has 0 aromatic carbocycles. The number of halogens is 1. The summed E-state index contributed by atoms with van der Waals surface area (Å²) < 4.78 is 1.72. The number of nitrogens with zero attached hydrogens (tertiary/aromatic N) is 4. The molecule has 0 saturated heterocycles. The van der Waals surface area contributed by atoms with E-state index in [9.17, 15) is 5.11 Å². The Morgan fingerprint density at radius 3 is 2.78 bits per heavy atom. The lowest BCUT2D eigenvalue weighted by molar-refractivity contribution is 0.175. The Bertz CT molecular complexity index is 526. The van der Waals surface area contributed by atoms with Crippen molar-refractivity contribution in [1.29, 1.82) is 0 Å². The maximum Gasteiger partial charge on any atom is 0.0861 e. The van der Waals surface area contributed by atoms with Gasteiger partial charge in [0.2, 0.25) is 0 Å². The molecule has 0 radical (unpaired) electrons. The summed E-state index contributed by atoms with van der Waals surface area (Å²) in [5.74, 6) is 0. The van der Waals surface area contributed by atoms with Crippen LogP contribution in [-0.2, 0) is 19.9 Å². The summed E-state index contributed by atoms with van der Waals surface area (Å²) in [4.78, 5) is 0. The molecular weight excluding hydrogens is 252 g/mol. The van der Waals surface area contributed by atoms with Crippen molar-refractivity contribution in [2.45, 2.75) is 25.9 Å². The van der Waals surface area contributed by atoms with Crippen LogP contribution in [0, 0.1) is 0 Å². The number of aliphatic hydroxyl groups is 1. The first-order valence-electron chi connectivity index (χ1n) is 5.78. The third kappa shape index (κ3) is 2.52. The monoisotopic (exact) mass is 266 g/mol. The van der Waals surface area contributed by atoms with E-state index in [1.165, 1.54) is 0 Å². The molecule has 0 amide bonds. The van der Waals surface area contributed by atoms with Crippen LogP contribution in [0.5, 0.6) is 0 Å². The van der Waals surface area contributed by atoms with E-state index in [1.54, 1.807) is 23.1 Å². The fourth-order valence-corrected chi connectivity index (χ4v) is 2.21. The van der Waals surface area contributed by atoms with Gasteiger partial charge in [0, 0.05) is 25.2 Å². The van der Waals surface area contributed by atoms with Gasteiger partial charge >= 0.3 is 0 Å². The second-order valence-corrected chi connectivity index (χ2v) is 4.46. The van der Waals surface area contributed by atoms with Crippen LogP contribution in [0.2, 0.25) is 5.02 Å². The number of rotatable bonds is 4. The van der Waals surface area contributed by atoms with Crippen LogP contribution in [0.1, 0.15) is 30.0 Å². The highest BCUT2D eigenvalue weighted by atomic mass is 35.5. The van der Waals surface area contributed by atoms with E-state index < -0.39 is 6.10 Å². The van der Waals surface area contributed by atoms with Crippen molar-refractivity contribution in [3.05, 3.63) is 40.4 Å². The van der Waals surface area contributed by atoms with Crippen molar-refractivity contribution in [3.63, 3.8) is 0 Å². The van der Waals surface area contributed by atoms with Crippen LogP contribution < -0.4 is 0 Å². The molecule has 0 fully saturated rings. The first-order valence-corrected chi connectivity index (χ1v) is 6.16. The van der Waals surface area contributed by atoms with Crippen molar-refractivity contribution < 1.29 is 5.11 Å². The Morgan fingerprint density at radius 1 is 1.44 bits per heavy atom. The summed E-state index contributed by atoms with van der Waals surface area (Å²) in [6.45, 7) is 2.00. The third-order valence-electron chi connectivity index (χ3n) is 2.88. The van der Waals surface area contributed by atoms with Gasteiger partial charge < -0.3 is 5.11 Å². The lowest BCUT2D eigenvalue weighted by Gasteiger charge is -2.10. The molecule has 6 heteroatoms. The van der Waals surface area contributed by atoms with Gasteiger partial charge in [-0.2, -0.15) is 15.3 Å². The topological polar surface area (TPSA) is 63.8 Å². The van der Waals surface area contributed by atoms with Gasteiger partial charge in [-0.05, 0) is 12.5 Å². The van der Waals surface area contributed by atoms with Gasteiger partial charge in [0.1, 0.15) is 0 Å². The average molecular weight is 267 g/mol. The molecule has 2 rings (SSSR count). The van der Waals surface area contributed by atoms with E-state index in [4.69, 9.17) is 11.6 Å². The Balaban J connectivity index is 2.22. The van der Waals surface area contributed by atoms with E-state index >= 15 is 0 Å². The fourth-order valence-electron chi connectivity index (χ4n) is 1.84. The first kappa shape index (κ1) is 13.0. The van der Waals surface area contributed by atoms with Crippen molar-refractivity contribution in [2.75, 3.05) is 0 Å². The van der Waals surface area contributed by atoms with Gasteiger partial charge in [-0.1, -0.05) is 18.5 Å². The Labute approximate surface area is 110 Å². The maximum absolute atomic E-state index is 10.1. The van der Waals surface area contributed by atoms with Crippen LogP contribution >= 0.6 is 11.6 Å². The molecule has 0 aliphatic rings. The molecule has 2 aromatic rings. The Hall–Kier alpha value is -1.46. The maximum atomic E-state index is 10.1. The second kappa shape index (κ2) is 5.46. The van der Waals surface area contributed by atoms with Crippen molar-refractivity contribution in [3.8, 4) is 0 Å². The van der Waals surface area contributed by atoms with Crippen LogP contribution in [0.25, 0.3) is 0 Å². The van der Waals surface area contributed by atoms with Gasteiger partial charge in [-0.15, -0.1) is 0 Å². The van der Waals surface area contributed by atoms with E-state index in [0.29, 0.717) is 11.4 Å². The van der Waals surface area contributed by atoms with E-state index in [2.05, 4.69) is 15.3 Å². The molecule has 1 atom stereocenters. The number of aromatic nitrogens is 4. The highest BCUT2D eigenvalue weighted by Crippen LogP contribution is 2.25. The zero-order valence-corrected chi connectivity index (χ0v) is 11.1. The van der Waals surface area contributed by atoms with Gasteiger partial charge in [0.25, 0.3) is 0 Å². The van der Waals surface area contributed by atoms with Crippen LogP contribution in [0.3, 0.4) is 0 Å². The van der Waals surface area contributed by atoms with Gasteiger partial charge in [-0.3, -0.25) is 4.68 Å². The highest BCUT2D eigenvalue weighted by molar-refractivity contribution is 6.31. The average Bonchev–Trinajstić information content (AvgIpc) is 2.67. The van der Waals surface area contributed by atoms with Crippen LogP contribution in [0.4, 0.5) is 0 Å². The lowest BCUT2D eigenvalue weighted by Crippen LogP contribution is -2.07. The summed E-state index contributed by atoms with van der Waals surface area (Å²) in [5.41, 5.74) is 2.41. The number of aryl methyl sites for hydroxylation is 2. The molecule has 2 aromatic heterocycles. The Morgan fingerprint density at radius 2 is 2.22 bits per heavy atom. The van der Waals surface area contributed by atoms with Crippen molar-refractivity contribution in [1.82, 2.24) is 20.0 Å². The third-order valence-corrected chi connectivity index (χ3v) is 3.32. The standard InChI is InChI=1S/C12H15ClN4O/c1-3-9-12(13)10(17(2)16-9)6-11(18)8-4-5-14-15-7-8/h4-5,7,11,18H,3,6H2,1-2H3. The molecule has 0 bridgehead atoms. The SMILES string of the molecule is CCc1nn(C)c(CC(O)c2ccnnc2)c1Cl. The minimum Gasteiger partial charge on any atom is -0.388 e. The quantitative estimate of drug-likeness (QED) is 0.915. The van der Waals surface area contributed by atoms with Crippen molar-refractivity contribution >= 4 is 11.6 Å². The second-order valence-electron chi connectivity index (χ2n) is 4.08. The molecular formula is C12H15ClN4O. The summed E-state index contributed by atoms with van der Waals surface area (Å²) >= 11 is 6.24. The normalized spacial score (nSPS) is 12.7. The lowest BCUT2D eigenvalue weighted by atomic mass is 10.1. The smallest absolute Gasteiger partial charge is 0.0861 e. The number of hydrogen-bond acceptors (Lipinski definition) is 4. The summed E-state index contributed by atoms with van der Waals surface area (Å²) in [6, 6.07) is 1.74.